The predicted octanol–water partition coefficient (Wildman–Crippen LogP) is 2.92. The van der Waals surface area contributed by atoms with E-state index in [0.29, 0.717) is 23.6 Å². The molecule has 2 rings (SSSR count). The molecule has 0 saturated heterocycles. The highest BCUT2D eigenvalue weighted by Crippen LogP contribution is 2.27. The van der Waals surface area contributed by atoms with Gasteiger partial charge in [0.15, 0.2) is 0 Å². The van der Waals surface area contributed by atoms with Gasteiger partial charge in [-0.1, -0.05) is 0 Å². The van der Waals surface area contributed by atoms with Crippen LogP contribution in [-0.4, -0.2) is 15.5 Å². The molecule has 5 nitrogen and oxygen atoms in total. The first kappa shape index (κ1) is 16.7. The molecule has 0 atom stereocenters. The number of hydrogen-bond acceptors (Lipinski definition) is 5. The second-order valence-electron chi connectivity index (χ2n) is 4.61. The first-order chi connectivity index (χ1) is 9.85. The Kier molecular flexibility index (Phi) is 5.26. The van der Waals surface area contributed by atoms with Crippen LogP contribution in [0.15, 0.2) is 25.2 Å². The van der Waals surface area contributed by atoms with E-state index < -0.39 is 10.0 Å². The molecule has 0 aromatic carbocycles. The minimum absolute atomic E-state index is 0.241. The molecular formula is C13H17BrN2O3S2. The fraction of sp³-hybridized carbons (Fsp3) is 0.385. The van der Waals surface area contributed by atoms with Gasteiger partial charge in [0.25, 0.3) is 0 Å². The molecule has 116 valence electrons. The third-order valence-corrected chi connectivity index (χ3v) is 6.30. The Balaban J connectivity index is 2.27. The third kappa shape index (κ3) is 3.75. The molecule has 2 N–H and O–H groups in total. The molecule has 8 heteroatoms. The zero-order chi connectivity index (χ0) is 15.6. The van der Waals surface area contributed by atoms with Crippen LogP contribution in [0.1, 0.15) is 22.0 Å². The van der Waals surface area contributed by atoms with Gasteiger partial charge in [-0.2, -0.15) is 0 Å². The smallest absolute Gasteiger partial charge is 0.244 e. The van der Waals surface area contributed by atoms with E-state index in [0.717, 1.165) is 9.35 Å². The van der Waals surface area contributed by atoms with Crippen molar-refractivity contribution in [2.24, 2.45) is 0 Å². The summed E-state index contributed by atoms with van der Waals surface area (Å²) < 4.78 is 34.1. The lowest BCUT2D eigenvalue weighted by Crippen LogP contribution is -2.25. The average molecular weight is 393 g/mol. The van der Waals surface area contributed by atoms with Crippen LogP contribution in [0.5, 0.6) is 0 Å². The van der Waals surface area contributed by atoms with E-state index in [2.05, 4.69) is 26.0 Å². The monoisotopic (exact) mass is 392 g/mol. The van der Waals surface area contributed by atoms with Gasteiger partial charge in [0.05, 0.1) is 0 Å². The summed E-state index contributed by atoms with van der Waals surface area (Å²) in [5.41, 5.74) is 0.676. The highest BCUT2D eigenvalue weighted by Gasteiger charge is 2.26. The molecule has 2 aromatic rings. The number of halogens is 1. The summed E-state index contributed by atoms with van der Waals surface area (Å²) in [4.78, 5) is 1.18. The number of furan rings is 1. The van der Waals surface area contributed by atoms with Gasteiger partial charge in [-0.3, -0.25) is 0 Å². The molecule has 0 fully saturated rings. The van der Waals surface area contributed by atoms with Gasteiger partial charge in [-0.15, -0.1) is 11.3 Å². The quantitative estimate of drug-likeness (QED) is 0.792. The average Bonchev–Trinajstić information content (AvgIpc) is 2.92. The summed E-state index contributed by atoms with van der Waals surface area (Å²) in [6.45, 7) is 4.16. The van der Waals surface area contributed by atoms with Crippen LogP contribution >= 0.6 is 27.3 Å². The van der Waals surface area contributed by atoms with Gasteiger partial charge < -0.3 is 9.73 Å². The van der Waals surface area contributed by atoms with Crippen molar-refractivity contribution >= 4 is 37.3 Å². The number of nitrogens with one attached hydrogen (secondary N) is 2. The number of aryl methyl sites for hydroxylation is 2. The second kappa shape index (κ2) is 6.62. The molecule has 21 heavy (non-hydrogen) atoms. The molecule has 2 heterocycles. The maximum atomic E-state index is 12.5. The van der Waals surface area contributed by atoms with Crippen LogP contribution in [-0.2, 0) is 23.1 Å². The van der Waals surface area contributed by atoms with Crippen LogP contribution in [0.3, 0.4) is 0 Å². The minimum Gasteiger partial charge on any atom is -0.465 e. The predicted molar refractivity (Wildman–Crippen MR) is 87.0 cm³/mol. The zero-order valence-corrected chi connectivity index (χ0v) is 15.2. The lowest BCUT2D eigenvalue weighted by atomic mass is 10.2. The van der Waals surface area contributed by atoms with Gasteiger partial charge >= 0.3 is 0 Å². The molecule has 0 amide bonds. The van der Waals surface area contributed by atoms with Crippen molar-refractivity contribution < 1.29 is 12.8 Å². The minimum atomic E-state index is -3.60. The SMILES string of the molecule is CNCc1c(C)oc(C)c1S(=O)(=O)NCc1cc(Br)cs1. The summed E-state index contributed by atoms with van der Waals surface area (Å²) in [7, 11) is -1.83. The van der Waals surface area contributed by atoms with Crippen molar-refractivity contribution in [2.75, 3.05) is 7.05 Å². The van der Waals surface area contributed by atoms with Crippen LogP contribution < -0.4 is 10.0 Å². The fourth-order valence-electron chi connectivity index (χ4n) is 2.13. The third-order valence-electron chi connectivity index (χ3n) is 3.01. The number of sulfonamides is 1. The number of thiophene rings is 1. The summed E-state index contributed by atoms with van der Waals surface area (Å²) in [6, 6.07) is 1.90. The number of hydrogen-bond donors (Lipinski definition) is 2. The molecule has 0 aliphatic rings. The van der Waals surface area contributed by atoms with Crippen LogP contribution in [0.25, 0.3) is 0 Å². The second-order valence-corrected chi connectivity index (χ2v) is 8.22. The van der Waals surface area contributed by atoms with E-state index in [9.17, 15) is 8.42 Å². The molecule has 0 aliphatic heterocycles. The summed E-state index contributed by atoms with van der Waals surface area (Å²) in [5.74, 6) is 1.04. The van der Waals surface area contributed by atoms with Gasteiger partial charge in [-0.25, -0.2) is 13.1 Å². The molecular weight excluding hydrogens is 376 g/mol. The standard InChI is InChI=1S/C13H17BrN2O3S2/c1-8-12(6-15-3)13(9(2)19-8)21(17,18)16-5-11-4-10(14)7-20-11/h4,7,15-16H,5-6H2,1-3H3. The normalized spacial score (nSPS) is 12.0. The maximum Gasteiger partial charge on any atom is 0.244 e. The Morgan fingerprint density at radius 1 is 1.29 bits per heavy atom. The fourth-order valence-corrected chi connectivity index (χ4v) is 5.06. The van der Waals surface area contributed by atoms with E-state index in [1.807, 2.05) is 11.4 Å². The largest absolute Gasteiger partial charge is 0.465 e. The Hall–Kier alpha value is -0.670. The van der Waals surface area contributed by atoms with E-state index >= 15 is 0 Å². The van der Waals surface area contributed by atoms with Crippen molar-refractivity contribution in [2.45, 2.75) is 31.8 Å². The van der Waals surface area contributed by atoms with E-state index in [1.54, 1.807) is 20.9 Å². The lowest BCUT2D eigenvalue weighted by molar-refractivity contribution is 0.493. The first-order valence-corrected chi connectivity index (χ1v) is 9.46. The molecule has 0 aliphatic carbocycles. The molecule has 0 bridgehead atoms. The van der Waals surface area contributed by atoms with Crippen molar-refractivity contribution in [3.05, 3.63) is 37.9 Å². The van der Waals surface area contributed by atoms with Gasteiger partial charge in [0.2, 0.25) is 10.0 Å². The van der Waals surface area contributed by atoms with Crippen molar-refractivity contribution in [1.82, 2.24) is 10.0 Å². The highest BCUT2D eigenvalue weighted by molar-refractivity contribution is 9.10. The Bertz CT molecular complexity index is 735. The molecule has 0 saturated carbocycles. The maximum absolute atomic E-state index is 12.5. The van der Waals surface area contributed by atoms with E-state index in [1.165, 1.54) is 11.3 Å². The zero-order valence-electron chi connectivity index (χ0n) is 12.0. The Morgan fingerprint density at radius 3 is 2.57 bits per heavy atom. The van der Waals surface area contributed by atoms with Gasteiger partial charge in [0.1, 0.15) is 16.4 Å². The van der Waals surface area contributed by atoms with Crippen LogP contribution in [0, 0.1) is 13.8 Å². The van der Waals surface area contributed by atoms with Crippen LogP contribution in [0.2, 0.25) is 0 Å². The van der Waals surface area contributed by atoms with Gasteiger partial charge in [0, 0.05) is 33.4 Å². The van der Waals surface area contributed by atoms with Gasteiger partial charge in [-0.05, 0) is 42.9 Å². The summed E-state index contributed by atoms with van der Waals surface area (Å²) in [5, 5.41) is 4.89. The summed E-state index contributed by atoms with van der Waals surface area (Å²) in [6.07, 6.45) is 0. The molecule has 0 spiro atoms. The van der Waals surface area contributed by atoms with E-state index in [4.69, 9.17) is 4.42 Å². The number of rotatable bonds is 6. The van der Waals surface area contributed by atoms with Crippen molar-refractivity contribution in [3.8, 4) is 0 Å². The van der Waals surface area contributed by atoms with Crippen LogP contribution in [0.4, 0.5) is 0 Å². The van der Waals surface area contributed by atoms with Crippen molar-refractivity contribution in [1.29, 1.82) is 0 Å². The molecule has 2 aromatic heterocycles. The topological polar surface area (TPSA) is 71.3 Å². The molecule has 0 radical (unpaired) electrons. The Labute approximate surface area is 136 Å². The first-order valence-electron chi connectivity index (χ1n) is 6.31. The lowest BCUT2D eigenvalue weighted by Gasteiger charge is -2.07. The molecule has 0 unspecified atom stereocenters. The Morgan fingerprint density at radius 2 is 2.00 bits per heavy atom. The van der Waals surface area contributed by atoms with Crippen molar-refractivity contribution in [3.63, 3.8) is 0 Å². The highest BCUT2D eigenvalue weighted by atomic mass is 79.9. The summed E-state index contributed by atoms with van der Waals surface area (Å²) >= 11 is 4.85. The van der Waals surface area contributed by atoms with E-state index in [-0.39, 0.29) is 11.4 Å².